The van der Waals surface area contributed by atoms with Crippen LogP contribution in [0.5, 0.6) is 0 Å². The van der Waals surface area contributed by atoms with E-state index in [0.717, 1.165) is 30.4 Å². The molecule has 1 fully saturated rings. The van der Waals surface area contributed by atoms with Gasteiger partial charge in [0.1, 0.15) is 11.4 Å². The van der Waals surface area contributed by atoms with Crippen molar-refractivity contribution in [1.82, 2.24) is 9.88 Å². The summed E-state index contributed by atoms with van der Waals surface area (Å²) in [6.45, 7) is 1.82. The van der Waals surface area contributed by atoms with Crippen molar-refractivity contribution < 1.29 is 9.90 Å². The smallest absolute Gasteiger partial charge is 0.339 e. The fraction of sp³-hybridized carbons (Fsp3) is 0.375. The molecule has 5 heteroatoms. The van der Waals surface area contributed by atoms with Crippen molar-refractivity contribution in [2.24, 2.45) is 0 Å². The molecule has 0 amide bonds. The number of likely N-dealkylation sites (tertiary alicyclic amines) is 1. The molecule has 3 rings (SSSR count). The van der Waals surface area contributed by atoms with Crippen molar-refractivity contribution in [3.63, 3.8) is 0 Å². The highest BCUT2D eigenvalue weighted by Crippen LogP contribution is 2.22. The van der Waals surface area contributed by atoms with Crippen LogP contribution in [0.25, 0.3) is 10.9 Å². The van der Waals surface area contributed by atoms with Crippen LogP contribution in [0.4, 0.5) is 5.82 Å². The standard InChI is InChI=1S/C16H19N3O2/c1-19-8-4-6-12(19)10-17-15-13(16(20)21)9-11-5-2-3-7-14(11)18-15/h2-3,5,7,9,12H,4,6,8,10H2,1H3,(H,17,18)(H,20,21). The molecule has 1 aliphatic heterocycles. The molecule has 5 nitrogen and oxygen atoms in total. The number of para-hydroxylation sites is 1. The Morgan fingerprint density at radius 3 is 3.00 bits per heavy atom. The maximum Gasteiger partial charge on any atom is 0.339 e. The average Bonchev–Trinajstić information content (AvgIpc) is 2.89. The van der Waals surface area contributed by atoms with E-state index in [2.05, 4.69) is 22.2 Å². The van der Waals surface area contributed by atoms with Crippen LogP contribution in [0.15, 0.2) is 30.3 Å². The van der Waals surface area contributed by atoms with Gasteiger partial charge in [0.05, 0.1) is 5.52 Å². The van der Waals surface area contributed by atoms with Crippen LogP contribution in [0.1, 0.15) is 23.2 Å². The van der Waals surface area contributed by atoms with Gasteiger partial charge in [0.25, 0.3) is 0 Å². The molecular weight excluding hydrogens is 266 g/mol. The Kier molecular flexibility index (Phi) is 3.75. The fourth-order valence-corrected chi connectivity index (χ4v) is 2.87. The number of carboxylic acids is 1. The summed E-state index contributed by atoms with van der Waals surface area (Å²) in [6.07, 6.45) is 2.33. The summed E-state index contributed by atoms with van der Waals surface area (Å²) in [5.41, 5.74) is 1.04. The molecule has 1 aromatic heterocycles. The van der Waals surface area contributed by atoms with Crippen molar-refractivity contribution in [1.29, 1.82) is 0 Å². The summed E-state index contributed by atoms with van der Waals surface area (Å²) in [5, 5.41) is 13.4. The number of carbonyl (C=O) groups is 1. The number of aromatic nitrogens is 1. The molecule has 1 atom stereocenters. The minimum absolute atomic E-state index is 0.231. The van der Waals surface area contributed by atoms with Gasteiger partial charge in [-0.3, -0.25) is 0 Å². The Labute approximate surface area is 123 Å². The normalized spacial score (nSPS) is 19.0. The zero-order valence-electron chi connectivity index (χ0n) is 12.0. The highest BCUT2D eigenvalue weighted by Gasteiger charge is 2.21. The first-order chi connectivity index (χ1) is 10.1. The third-order valence-electron chi connectivity index (χ3n) is 4.13. The van der Waals surface area contributed by atoms with Crippen molar-refractivity contribution in [2.75, 3.05) is 25.5 Å². The lowest BCUT2D eigenvalue weighted by Crippen LogP contribution is -2.32. The molecule has 2 heterocycles. The molecule has 1 aromatic carbocycles. The van der Waals surface area contributed by atoms with E-state index >= 15 is 0 Å². The largest absolute Gasteiger partial charge is 0.478 e. The number of anilines is 1. The molecule has 0 bridgehead atoms. The quantitative estimate of drug-likeness (QED) is 0.903. The highest BCUT2D eigenvalue weighted by molar-refractivity contribution is 5.98. The first-order valence-electron chi connectivity index (χ1n) is 7.22. The van der Waals surface area contributed by atoms with E-state index in [4.69, 9.17) is 0 Å². The van der Waals surface area contributed by atoms with Gasteiger partial charge >= 0.3 is 5.97 Å². The number of nitrogens with zero attached hydrogens (tertiary/aromatic N) is 2. The molecule has 1 unspecified atom stereocenters. The van der Waals surface area contributed by atoms with Gasteiger partial charge in [0.2, 0.25) is 0 Å². The van der Waals surface area contributed by atoms with Crippen LogP contribution in [-0.4, -0.2) is 47.1 Å². The number of rotatable bonds is 4. The van der Waals surface area contributed by atoms with E-state index < -0.39 is 5.97 Å². The Balaban J connectivity index is 1.88. The highest BCUT2D eigenvalue weighted by atomic mass is 16.4. The van der Waals surface area contributed by atoms with Gasteiger partial charge in [-0.1, -0.05) is 18.2 Å². The molecule has 0 spiro atoms. The van der Waals surface area contributed by atoms with Gasteiger partial charge in [-0.05, 0) is 38.6 Å². The predicted octanol–water partition coefficient (Wildman–Crippen LogP) is 2.44. The van der Waals surface area contributed by atoms with Crippen LogP contribution >= 0.6 is 0 Å². The summed E-state index contributed by atoms with van der Waals surface area (Å²) in [4.78, 5) is 18.2. The zero-order valence-corrected chi connectivity index (χ0v) is 12.0. The van der Waals surface area contributed by atoms with E-state index in [9.17, 15) is 9.90 Å². The number of carboxylic acid groups (broad SMARTS) is 1. The number of hydrogen-bond donors (Lipinski definition) is 2. The molecular formula is C16H19N3O2. The van der Waals surface area contributed by atoms with Crippen LogP contribution < -0.4 is 5.32 Å². The average molecular weight is 285 g/mol. The Hall–Kier alpha value is -2.14. The second-order valence-corrected chi connectivity index (χ2v) is 5.54. The van der Waals surface area contributed by atoms with Crippen molar-refractivity contribution in [3.8, 4) is 0 Å². The lowest BCUT2D eigenvalue weighted by molar-refractivity contribution is 0.0697. The van der Waals surface area contributed by atoms with E-state index in [1.54, 1.807) is 6.07 Å². The van der Waals surface area contributed by atoms with Crippen molar-refractivity contribution >= 4 is 22.7 Å². The second kappa shape index (κ2) is 5.69. The number of hydrogen-bond acceptors (Lipinski definition) is 4. The number of nitrogens with one attached hydrogen (secondary N) is 1. The van der Waals surface area contributed by atoms with Crippen LogP contribution in [-0.2, 0) is 0 Å². The minimum atomic E-state index is -0.949. The molecule has 1 aliphatic rings. The Morgan fingerprint density at radius 2 is 2.29 bits per heavy atom. The first kappa shape index (κ1) is 13.8. The van der Waals surface area contributed by atoms with Crippen molar-refractivity contribution in [3.05, 3.63) is 35.9 Å². The number of likely N-dealkylation sites (N-methyl/N-ethyl adjacent to an activating group) is 1. The van der Waals surface area contributed by atoms with Crippen LogP contribution in [0.2, 0.25) is 0 Å². The zero-order chi connectivity index (χ0) is 14.8. The summed E-state index contributed by atoms with van der Waals surface area (Å²) in [6, 6.07) is 9.70. The third kappa shape index (κ3) is 2.83. The lowest BCUT2D eigenvalue weighted by Gasteiger charge is -2.20. The van der Waals surface area contributed by atoms with E-state index in [0.29, 0.717) is 11.9 Å². The molecule has 2 N–H and O–H groups in total. The molecule has 0 aliphatic carbocycles. The third-order valence-corrected chi connectivity index (χ3v) is 4.13. The SMILES string of the molecule is CN1CCCC1CNc1nc2ccccc2cc1C(=O)O. The lowest BCUT2D eigenvalue weighted by atomic mass is 10.1. The second-order valence-electron chi connectivity index (χ2n) is 5.54. The van der Waals surface area contributed by atoms with Gasteiger partial charge < -0.3 is 15.3 Å². The number of fused-ring (bicyclic) bond motifs is 1. The predicted molar refractivity (Wildman–Crippen MR) is 82.8 cm³/mol. The number of pyridine rings is 1. The van der Waals surface area contributed by atoms with Gasteiger partial charge in [0.15, 0.2) is 0 Å². The van der Waals surface area contributed by atoms with Crippen LogP contribution in [0.3, 0.4) is 0 Å². The molecule has 110 valence electrons. The summed E-state index contributed by atoms with van der Waals surface area (Å²) in [7, 11) is 2.10. The summed E-state index contributed by atoms with van der Waals surface area (Å²) < 4.78 is 0. The minimum Gasteiger partial charge on any atom is -0.478 e. The van der Waals surface area contributed by atoms with Gasteiger partial charge in [-0.15, -0.1) is 0 Å². The van der Waals surface area contributed by atoms with Gasteiger partial charge in [0, 0.05) is 18.0 Å². The van der Waals surface area contributed by atoms with Crippen molar-refractivity contribution in [2.45, 2.75) is 18.9 Å². The van der Waals surface area contributed by atoms with E-state index in [1.165, 1.54) is 6.42 Å². The van der Waals surface area contributed by atoms with Gasteiger partial charge in [-0.2, -0.15) is 0 Å². The number of aromatic carboxylic acids is 1. The maximum absolute atomic E-state index is 11.4. The summed E-state index contributed by atoms with van der Waals surface area (Å²) in [5.74, 6) is -0.489. The molecule has 0 radical (unpaired) electrons. The maximum atomic E-state index is 11.4. The number of benzene rings is 1. The molecule has 2 aromatic rings. The first-order valence-corrected chi connectivity index (χ1v) is 7.22. The Morgan fingerprint density at radius 1 is 1.48 bits per heavy atom. The van der Waals surface area contributed by atoms with E-state index in [1.807, 2.05) is 24.3 Å². The fourth-order valence-electron chi connectivity index (χ4n) is 2.87. The van der Waals surface area contributed by atoms with Crippen LogP contribution in [0, 0.1) is 0 Å². The van der Waals surface area contributed by atoms with E-state index in [-0.39, 0.29) is 5.56 Å². The molecule has 21 heavy (non-hydrogen) atoms. The Bertz CT molecular complexity index is 672. The molecule has 1 saturated heterocycles. The van der Waals surface area contributed by atoms with Gasteiger partial charge in [-0.25, -0.2) is 9.78 Å². The topological polar surface area (TPSA) is 65.5 Å². The molecule has 0 saturated carbocycles. The monoisotopic (exact) mass is 285 g/mol. The summed E-state index contributed by atoms with van der Waals surface area (Å²) >= 11 is 0.